The molecule has 0 spiro atoms. The Kier molecular flexibility index (Phi) is 4.51. The first kappa shape index (κ1) is 14.9. The van der Waals surface area contributed by atoms with Gasteiger partial charge in [-0.15, -0.1) is 0 Å². The normalized spacial score (nSPS) is 26.1. The number of carbonyl (C=O) groups excluding carboxylic acids is 1. The lowest BCUT2D eigenvalue weighted by molar-refractivity contribution is 0.0563. The lowest BCUT2D eigenvalue weighted by Gasteiger charge is -2.39. The van der Waals surface area contributed by atoms with Crippen LogP contribution in [0.3, 0.4) is 0 Å². The van der Waals surface area contributed by atoms with E-state index >= 15 is 0 Å². The maximum absolute atomic E-state index is 12.9. The molecule has 2 heterocycles. The van der Waals surface area contributed by atoms with Gasteiger partial charge in [0.1, 0.15) is 0 Å². The fourth-order valence-electron chi connectivity index (χ4n) is 3.56. The molecule has 0 radical (unpaired) electrons. The maximum Gasteiger partial charge on any atom is 0.254 e. The summed E-state index contributed by atoms with van der Waals surface area (Å²) < 4.78 is 0. The van der Waals surface area contributed by atoms with Crippen LogP contribution in [0, 0.1) is 6.92 Å². The Morgan fingerprint density at radius 2 is 2.14 bits per heavy atom. The third-order valence-corrected chi connectivity index (χ3v) is 5.20. The molecular weight excluding hydrogens is 284 g/mol. The molecule has 1 N–H and O–H groups in total. The summed E-state index contributed by atoms with van der Waals surface area (Å²) in [6, 6.07) is 6.45. The third-order valence-electron chi connectivity index (χ3n) is 4.79. The molecule has 2 atom stereocenters. The predicted octanol–water partition coefficient (Wildman–Crippen LogP) is 3.40. The lowest BCUT2D eigenvalue weighted by atomic mass is 9.93. The fraction of sp³-hybridized carbons (Fsp3) is 0.588. The molecule has 0 aromatic heterocycles. The van der Waals surface area contributed by atoms with Crippen molar-refractivity contribution in [2.75, 3.05) is 13.1 Å². The predicted molar refractivity (Wildman–Crippen MR) is 85.9 cm³/mol. The molecule has 3 rings (SSSR count). The number of rotatable bonds is 2. The van der Waals surface area contributed by atoms with Gasteiger partial charge in [0.05, 0.1) is 0 Å². The average molecular weight is 307 g/mol. The van der Waals surface area contributed by atoms with E-state index in [0.717, 1.165) is 37.1 Å². The summed E-state index contributed by atoms with van der Waals surface area (Å²) in [5, 5.41) is 4.24. The van der Waals surface area contributed by atoms with Gasteiger partial charge in [-0.05, 0) is 63.3 Å². The number of nitrogens with one attached hydrogen (secondary N) is 1. The highest BCUT2D eigenvalue weighted by molar-refractivity contribution is 6.31. The first-order valence-corrected chi connectivity index (χ1v) is 8.35. The van der Waals surface area contributed by atoms with Gasteiger partial charge in [0.25, 0.3) is 5.91 Å². The number of piperidine rings is 1. The van der Waals surface area contributed by atoms with Crippen molar-refractivity contribution in [1.82, 2.24) is 10.2 Å². The Labute approximate surface area is 131 Å². The quantitative estimate of drug-likeness (QED) is 0.908. The van der Waals surface area contributed by atoms with Crippen LogP contribution in [0.5, 0.6) is 0 Å². The van der Waals surface area contributed by atoms with Crippen molar-refractivity contribution in [3.8, 4) is 0 Å². The number of nitrogens with zero attached hydrogens (tertiary/aromatic N) is 1. The Balaban J connectivity index is 1.81. The minimum absolute atomic E-state index is 0.135. The first-order chi connectivity index (χ1) is 10.2. The van der Waals surface area contributed by atoms with Gasteiger partial charge in [0.15, 0.2) is 0 Å². The number of aryl methyl sites for hydroxylation is 1. The van der Waals surface area contributed by atoms with Crippen molar-refractivity contribution >= 4 is 17.5 Å². The number of halogens is 1. The highest BCUT2D eigenvalue weighted by atomic mass is 35.5. The summed E-state index contributed by atoms with van der Waals surface area (Å²) in [5.74, 6) is 0.135. The molecule has 2 aliphatic heterocycles. The fourth-order valence-corrected chi connectivity index (χ4v) is 3.74. The topological polar surface area (TPSA) is 32.3 Å². The largest absolute Gasteiger partial charge is 0.334 e. The number of carbonyl (C=O) groups is 1. The number of hydrogen-bond donors (Lipinski definition) is 1. The molecule has 2 saturated heterocycles. The second kappa shape index (κ2) is 6.37. The lowest BCUT2D eigenvalue weighted by Crippen LogP contribution is -2.52. The first-order valence-electron chi connectivity index (χ1n) is 7.97. The van der Waals surface area contributed by atoms with Crippen molar-refractivity contribution in [1.29, 1.82) is 0 Å². The summed E-state index contributed by atoms with van der Waals surface area (Å²) in [6.07, 6.45) is 5.85. The smallest absolute Gasteiger partial charge is 0.254 e. The standard InChI is InChI=1S/C17H23ClN2O/c1-12-7-8-13(11-14(12)18)17(21)20-10-3-2-6-16(20)15-5-4-9-19-15/h7-8,11,15-16,19H,2-6,9-10H2,1H3. The van der Waals surface area contributed by atoms with Crippen molar-refractivity contribution in [2.45, 2.75) is 51.1 Å². The van der Waals surface area contributed by atoms with E-state index in [9.17, 15) is 4.79 Å². The number of amides is 1. The zero-order valence-corrected chi connectivity index (χ0v) is 13.3. The summed E-state index contributed by atoms with van der Waals surface area (Å²) in [6.45, 7) is 3.91. The number of benzene rings is 1. The van der Waals surface area contributed by atoms with Crippen LogP contribution in [-0.4, -0.2) is 36.0 Å². The van der Waals surface area contributed by atoms with Crippen molar-refractivity contribution < 1.29 is 4.79 Å². The van der Waals surface area contributed by atoms with Gasteiger partial charge >= 0.3 is 0 Å². The minimum atomic E-state index is 0.135. The third kappa shape index (κ3) is 3.09. The summed E-state index contributed by atoms with van der Waals surface area (Å²) in [4.78, 5) is 14.9. The Morgan fingerprint density at radius 3 is 2.86 bits per heavy atom. The molecular formula is C17H23ClN2O. The van der Waals surface area contributed by atoms with Crippen LogP contribution < -0.4 is 5.32 Å². The molecule has 1 amide bonds. The Hall–Kier alpha value is -1.06. The van der Waals surface area contributed by atoms with Crippen LogP contribution >= 0.6 is 11.6 Å². The minimum Gasteiger partial charge on any atom is -0.334 e. The molecule has 2 unspecified atom stereocenters. The van der Waals surface area contributed by atoms with E-state index in [2.05, 4.69) is 10.2 Å². The van der Waals surface area contributed by atoms with Gasteiger partial charge < -0.3 is 10.2 Å². The summed E-state index contributed by atoms with van der Waals surface area (Å²) >= 11 is 6.18. The monoisotopic (exact) mass is 306 g/mol. The van der Waals surface area contributed by atoms with Gasteiger partial charge in [-0.25, -0.2) is 0 Å². The van der Waals surface area contributed by atoms with E-state index in [0.29, 0.717) is 17.1 Å². The molecule has 1 aromatic rings. The zero-order valence-electron chi connectivity index (χ0n) is 12.6. The summed E-state index contributed by atoms with van der Waals surface area (Å²) in [7, 11) is 0. The van der Waals surface area contributed by atoms with E-state index < -0.39 is 0 Å². The van der Waals surface area contributed by atoms with E-state index in [1.165, 1.54) is 19.3 Å². The van der Waals surface area contributed by atoms with Crippen LogP contribution in [0.2, 0.25) is 5.02 Å². The van der Waals surface area contributed by atoms with Crippen LogP contribution in [0.15, 0.2) is 18.2 Å². The average Bonchev–Trinajstić information content (AvgIpc) is 3.03. The SMILES string of the molecule is Cc1ccc(C(=O)N2CCCCC2C2CCCN2)cc1Cl. The molecule has 2 fully saturated rings. The molecule has 0 aliphatic carbocycles. The van der Waals surface area contributed by atoms with Crippen LogP contribution in [0.1, 0.15) is 48.0 Å². The Morgan fingerprint density at radius 1 is 1.29 bits per heavy atom. The highest BCUT2D eigenvalue weighted by Gasteiger charge is 2.34. The molecule has 2 aliphatic rings. The van der Waals surface area contributed by atoms with E-state index in [4.69, 9.17) is 11.6 Å². The molecule has 0 saturated carbocycles. The molecule has 21 heavy (non-hydrogen) atoms. The van der Waals surface area contributed by atoms with Gasteiger partial charge in [0, 0.05) is 29.2 Å². The van der Waals surface area contributed by atoms with Crippen LogP contribution in [-0.2, 0) is 0 Å². The van der Waals surface area contributed by atoms with Gasteiger partial charge in [0.2, 0.25) is 0 Å². The highest BCUT2D eigenvalue weighted by Crippen LogP contribution is 2.27. The van der Waals surface area contributed by atoms with Crippen molar-refractivity contribution in [3.05, 3.63) is 34.3 Å². The van der Waals surface area contributed by atoms with Crippen LogP contribution in [0.4, 0.5) is 0 Å². The second-order valence-corrected chi connectivity index (χ2v) is 6.64. The van der Waals surface area contributed by atoms with E-state index in [1.54, 1.807) is 0 Å². The summed E-state index contributed by atoms with van der Waals surface area (Å²) in [5.41, 5.74) is 1.73. The number of hydrogen-bond acceptors (Lipinski definition) is 2. The molecule has 4 heteroatoms. The van der Waals surface area contributed by atoms with Crippen molar-refractivity contribution in [2.24, 2.45) is 0 Å². The Bertz CT molecular complexity index is 526. The maximum atomic E-state index is 12.9. The molecule has 3 nitrogen and oxygen atoms in total. The van der Waals surface area contributed by atoms with E-state index in [1.807, 2.05) is 25.1 Å². The zero-order chi connectivity index (χ0) is 14.8. The van der Waals surface area contributed by atoms with Gasteiger partial charge in [-0.2, -0.15) is 0 Å². The molecule has 1 aromatic carbocycles. The second-order valence-electron chi connectivity index (χ2n) is 6.23. The van der Waals surface area contributed by atoms with Crippen LogP contribution in [0.25, 0.3) is 0 Å². The van der Waals surface area contributed by atoms with Gasteiger partial charge in [-0.1, -0.05) is 17.7 Å². The van der Waals surface area contributed by atoms with Crippen molar-refractivity contribution in [3.63, 3.8) is 0 Å². The van der Waals surface area contributed by atoms with E-state index in [-0.39, 0.29) is 5.91 Å². The molecule has 0 bridgehead atoms. The number of likely N-dealkylation sites (tertiary alicyclic amines) is 1. The molecule has 114 valence electrons. The van der Waals surface area contributed by atoms with Gasteiger partial charge in [-0.3, -0.25) is 4.79 Å².